The maximum absolute atomic E-state index is 11.9. The summed E-state index contributed by atoms with van der Waals surface area (Å²) in [4.78, 5) is 25.3. The molecule has 0 radical (unpaired) electrons. The Hall–Kier alpha value is -1.56. The van der Waals surface area contributed by atoms with E-state index in [-0.39, 0.29) is 24.4 Å². The van der Waals surface area contributed by atoms with Crippen LogP contribution in [0.4, 0.5) is 5.82 Å². The van der Waals surface area contributed by atoms with Crippen molar-refractivity contribution in [1.29, 1.82) is 0 Å². The molecule has 1 N–H and O–H groups in total. The van der Waals surface area contributed by atoms with Crippen LogP contribution >= 0.6 is 11.6 Å². The maximum atomic E-state index is 11.9. The first-order chi connectivity index (χ1) is 8.97. The van der Waals surface area contributed by atoms with Crippen molar-refractivity contribution < 1.29 is 14.1 Å². The van der Waals surface area contributed by atoms with Crippen molar-refractivity contribution in [2.24, 2.45) is 0 Å². The summed E-state index contributed by atoms with van der Waals surface area (Å²) in [6.07, 6.45) is 1.84. The number of nitrogens with zero attached hydrogens (tertiary/aromatic N) is 2. The Bertz CT molecular complexity index is 482. The third-order valence-corrected chi connectivity index (χ3v) is 3.01. The molecule has 1 aliphatic carbocycles. The SMILES string of the molecule is Cc1cc(NC(=O)CN(C(=O)C(C)Cl)C2CC2)no1. The van der Waals surface area contributed by atoms with Gasteiger partial charge >= 0.3 is 0 Å². The second-order valence-electron chi connectivity index (χ2n) is 4.68. The highest BCUT2D eigenvalue weighted by Crippen LogP contribution is 2.27. The van der Waals surface area contributed by atoms with Crippen molar-refractivity contribution >= 4 is 29.2 Å². The van der Waals surface area contributed by atoms with Crippen molar-refractivity contribution in [1.82, 2.24) is 10.1 Å². The van der Waals surface area contributed by atoms with Crippen LogP contribution in [0.25, 0.3) is 0 Å². The van der Waals surface area contributed by atoms with Gasteiger partial charge in [-0.05, 0) is 26.7 Å². The smallest absolute Gasteiger partial charge is 0.245 e. The second-order valence-corrected chi connectivity index (χ2v) is 5.34. The predicted molar refractivity (Wildman–Crippen MR) is 69.9 cm³/mol. The molecule has 0 saturated heterocycles. The van der Waals surface area contributed by atoms with E-state index in [9.17, 15) is 9.59 Å². The zero-order chi connectivity index (χ0) is 14.0. The number of aromatic nitrogens is 1. The van der Waals surface area contributed by atoms with Gasteiger partial charge in [-0.3, -0.25) is 9.59 Å². The highest BCUT2D eigenvalue weighted by Gasteiger charge is 2.35. The van der Waals surface area contributed by atoms with Crippen LogP contribution in [0.5, 0.6) is 0 Å². The van der Waals surface area contributed by atoms with E-state index in [1.165, 1.54) is 4.90 Å². The number of carbonyl (C=O) groups excluding carboxylic acids is 2. The van der Waals surface area contributed by atoms with Gasteiger partial charge in [-0.25, -0.2) is 0 Å². The summed E-state index contributed by atoms with van der Waals surface area (Å²) in [5.41, 5.74) is 0. The quantitative estimate of drug-likeness (QED) is 0.833. The molecule has 1 fully saturated rings. The van der Waals surface area contributed by atoms with Crippen LogP contribution in [0.15, 0.2) is 10.6 Å². The summed E-state index contributed by atoms with van der Waals surface area (Å²) >= 11 is 5.79. The summed E-state index contributed by atoms with van der Waals surface area (Å²) in [5, 5.41) is 5.63. The lowest BCUT2D eigenvalue weighted by molar-refractivity contribution is -0.134. The molecule has 19 heavy (non-hydrogen) atoms. The van der Waals surface area contributed by atoms with Crippen molar-refractivity contribution in [3.05, 3.63) is 11.8 Å². The Morgan fingerprint density at radius 2 is 2.32 bits per heavy atom. The average Bonchev–Trinajstić information content (AvgIpc) is 3.10. The van der Waals surface area contributed by atoms with Crippen LogP contribution in [-0.2, 0) is 9.59 Å². The number of hydrogen-bond acceptors (Lipinski definition) is 4. The minimum atomic E-state index is -0.623. The van der Waals surface area contributed by atoms with E-state index in [2.05, 4.69) is 10.5 Å². The van der Waals surface area contributed by atoms with E-state index in [0.717, 1.165) is 12.8 Å². The predicted octanol–water partition coefficient (Wildman–Crippen LogP) is 1.54. The highest BCUT2D eigenvalue weighted by molar-refractivity contribution is 6.30. The van der Waals surface area contributed by atoms with Gasteiger partial charge in [0.15, 0.2) is 5.82 Å². The lowest BCUT2D eigenvalue weighted by Gasteiger charge is -2.22. The molecule has 1 unspecified atom stereocenters. The molecule has 0 spiro atoms. The van der Waals surface area contributed by atoms with E-state index in [1.54, 1.807) is 19.9 Å². The number of rotatable bonds is 5. The van der Waals surface area contributed by atoms with Gasteiger partial charge in [0.25, 0.3) is 0 Å². The summed E-state index contributed by atoms with van der Waals surface area (Å²) in [6.45, 7) is 3.34. The molecular weight excluding hydrogens is 270 g/mol. The van der Waals surface area contributed by atoms with Gasteiger partial charge in [0.2, 0.25) is 11.8 Å². The standard InChI is InChI=1S/C12H16ClN3O3/c1-7-5-10(15-19-7)14-11(17)6-16(9-3-4-9)12(18)8(2)13/h5,8-9H,3-4,6H2,1-2H3,(H,14,15,17). The molecule has 6 nitrogen and oxygen atoms in total. The van der Waals surface area contributed by atoms with Crippen molar-refractivity contribution in [3.63, 3.8) is 0 Å². The van der Waals surface area contributed by atoms with Gasteiger partial charge in [0.05, 0.1) is 0 Å². The van der Waals surface area contributed by atoms with Gasteiger partial charge in [-0.2, -0.15) is 0 Å². The first-order valence-electron chi connectivity index (χ1n) is 6.15. The molecule has 1 aromatic rings. The largest absolute Gasteiger partial charge is 0.360 e. The molecule has 1 aromatic heterocycles. The molecule has 2 rings (SSSR count). The number of carbonyl (C=O) groups is 2. The number of aryl methyl sites for hydroxylation is 1. The van der Waals surface area contributed by atoms with Crippen LogP contribution in [0.3, 0.4) is 0 Å². The lowest BCUT2D eigenvalue weighted by atomic mass is 10.3. The normalized spacial score (nSPS) is 15.9. The van der Waals surface area contributed by atoms with E-state index >= 15 is 0 Å². The number of anilines is 1. The number of alkyl halides is 1. The molecule has 1 saturated carbocycles. The van der Waals surface area contributed by atoms with Gasteiger partial charge in [0.1, 0.15) is 17.7 Å². The second kappa shape index (κ2) is 5.61. The zero-order valence-electron chi connectivity index (χ0n) is 10.9. The van der Waals surface area contributed by atoms with E-state index in [4.69, 9.17) is 16.1 Å². The van der Waals surface area contributed by atoms with Crippen molar-refractivity contribution in [2.45, 2.75) is 38.1 Å². The van der Waals surface area contributed by atoms with Gasteiger partial charge < -0.3 is 14.7 Å². The molecule has 0 aromatic carbocycles. The highest BCUT2D eigenvalue weighted by atomic mass is 35.5. The molecule has 1 aliphatic rings. The molecule has 104 valence electrons. The van der Waals surface area contributed by atoms with Gasteiger partial charge in [-0.15, -0.1) is 11.6 Å². The Kier molecular flexibility index (Phi) is 4.09. The summed E-state index contributed by atoms with van der Waals surface area (Å²) in [6, 6.07) is 1.75. The molecule has 1 atom stereocenters. The Morgan fingerprint density at radius 3 is 2.79 bits per heavy atom. The van der Waals surface area contributed by atoms with Crippen molar-refractivity contribution in [2.75, 3.05) is 11.9 Å². The summed E-state index contributed by atoms with van der Waals surface area (Å²) in [7, 11) is 0. The van der Waals surface area contributed by atoms with Crippen LogP contribution in [0, 0.1) is 6.92 Å². The molecule has 7 heteroatoms. The molecule has 0 aliphatic heterocycles. The number of nitrogens with one attached hydrogen (secondary N) is 1. The molecule has 0 bridgehead atoms. The monoisotopic (exact) mass is 285 g/mol. The summed E-state index contributed by atoms with van der Waals surface area (Å²) in [5.74, 6) is 0.450. The Morgan fingerprint density at radius 1 is 1.63 bits per heavy atom. The molecular formula is C12H16ClN3O3. The number of hydrogen-bond donors (Lipinski definition) is 1. The van der Waals surface area contributed by atoms with E-state index < -0.39 is 5.38 Å². The minimum Gasteiger partial charge on any atom is -0.360 e. The third-order valence-electron chi connectivity index (χ3n) is 2.82. The first-order valence-corrected chi connectivity index (χ1v) is 6.58. The van der Waals surface area contributed by atoms with Crippen LogP contribution in [0.1, 0.15) is 25.5 Å². The zero-order valence-corrected chi connectivity index (χ0v) is 11.6. The third kappa shape index (κ3) is 3.70. The molecule has 2 amide bonds. The first kappa shape index (κ1) is 13.9. The Labute approximate surface area is 116 Å². The fourth-order valence-corrected chi connectivity index (χ4v) is 1.89. The number of halogens is 1. The van der Waals surface area contributed by atoms with E-state index in [0.29, 0.717) is 11.6 Å². The topological polar surface area (TPSA) is 75.4 Å². The Balaban J connectivity index is 1.93. The fraction of sp³-hybridized carbons (Fsp3) is 0.583. The fourth-order valence-electron chi connectivity index (χ4n) is 1.76. The minimum absolute atomic E-state index is 0.00747. The lowest BCUT2D eigenvalue weighted by Crippen LogP contribution is -2.42. The van der Waals surface area contributed by atoms with Crippen molar-refractivity contribution in [3.8, 4) is 0 Å². The van der Waals surface area contributed by atoms with Gasteiger partial charge in [-0.1, -0.05) is 5.16 Å². The van der Waals surface area contributed by atoms with E-state index in [1.807, 2.05) is 0 Å². The summed E-state index contributed by atoms with van der Waals surface area (Å²) < 4.78 is 4.85. The maximum Gasteiger partial charge on any atom is 0.245 e. The van der Waals surface area contributed by atoms with Gasteiger partial charge in [0, 0.05) is 12.1 Å². The van der Waals surface area contributed by atoms with Crippen LogP contribution in [0.2, 0.25) is 0 Å². The molecule has 1 heterocycles. The number of amides is 2. The van der Waals surface area contributed by atoms with Crippen LogP contribution in [-0.4, -0.2) is 39.8 Å². The van der Waals surface area contributed by atoms with Crippen LogP contribution < -0.4 is 5.32 Å². The average molecular weight is 286 g/mol.